The number of aromatic amines is 1. The molecule has 11 heteroatoms. The highest BCUT2D eigenvalue weighted by molar-refractivity contribution is 5.66. The molecule has 4 aromatic rings. The van der Waals surface area contributed by atoms with Gasteiger partial charge in [0.25, 0.3) is 0 Å². The summed E-state index contributed by atoms with van der Waals surface area (Å²) in [6.07, 6.45) is -3.46. The van der Waals surface area contributed by atoms with Gasteiger partial charge < -0.3 is 13.6 Å². The highest BCUT2D eigenvalue weighted by Crippen LogP contribution is 2.37. The van der Waals surface area contributed by atoms with Crippen molar-refractivity contribution in [2.45, 2.75) is 63.4 Å². The van der Waals surface area contributed by atoms with E-state index >= 15 is 0 Å². The topological polar surface area (TPSA) is 64.2 Å². The SMILES string of the molecule is FC(F)(F)c1ccc(COc2n[nH]c(-c3ccc(C4CCCCC4)cc3)c2Cc2ccc(C(F)(F)F)o2)o1. The number of nitrogens with zero attached hydrogens (tertiary/aromatic N) is 1. The van der Waals surface area contributed by atoms with Crippen molar-refractivity contribution >= 4 is 0 Å². The van der Waals surface area contributed by atoms with Crippen LogP contribution in [0.1, 0.15) is 72.2 Å². The van der Waals surface area contributed by atoms with Crippen molar-refractivity contribution < 1.29 is 39.9 Å². The van der Waals surface area contributed by atoms with E-state index in [2.05, 4.69) is 10.2 Å². The molecule has 1 fully saturated rings. The number of alkyl halides is 6. The molecule has 0 aliphatic heterocycles. The Morgan fingerprint density at radius 2 is 1.39 bits per heavy atom. The molecule has 0 spiro atoms. The predicted molar refractivity (Wildman–Crippen MR) is 124 cm³/mol. The molecule has 0 radical (unpaired) electrons. The minimum atomic E-state index is -4.64. The molecule has 5 rings (SSSR count). The fraction of sp³-hybridized carbons (Fsp3) is 0.370. The van der Waals surface area contributed by atoms with Gasteiger partial charge in [0.15, 0.2) is 0 Å². The van der Waals surface area contributed by atoms with Crippen LogP contribution in [0, 0.1) is 0 Å². The molecule has 0 unspecified atom stereocenters. The van der Waals surface area contributed by atoms with Crippen molar-refractivity contribution in [3.05, 3.63) is 82.7 Å². The Hall–Kier alpha value is -3.63. The third-order valence-corrected chi connectivity index (χ3v) is 6.69. The van der Waals surface area contributed by atoms with Gasteiger partial charge in [0.05, 0.1) is 5.69 Å². The van der Waals surface area contributed by atoms with E-state index in [1.54, 1.807) is 0 Å². The van der Waals surface area contributed by atoms with E-state index in [-0.39, 0.29) is 30.4 Å². The van der Waals surface area contributed by atoms with Crippen LogP contribution in [0.4, 0.5) is 26.3 Å². The molecule has 1 N–H and O–H groups in total. The standard InChI is InChI=1S/C27H24F6N2O3/c28-26(29,30)22-12-10-19(37-22)14-21-24(18-8-6-17(7-9-18)16-4-2-1-3-5-16)34-35-25(21)36-15-20-11-13-23(38-20)27(31,32)33/h6-13,16H,1-5,14-15H2,(H,34,35). The van der Waals surface area contributed by atoms with Crippen molar-refractivity contribution in [2.24, 2.45) is 0 Å². The van der Waals surface area contributed by atoms with Crippen molar-refractivity contribution in [3.8, 4) is 17.1 Å². The number of hydrogen-bond donors (Lipinski definition) is 1. The van der Waals surface area contributed by atoms with E-state index in [1.165, 1.54) is 30.9 Å². The van der Waals surface area contributed by atoms with Crippen LogP contribution in [0.3, 0.4) is 0 Å². The summed E-state index contributed by atoms with van der Waals surface area (Å²) in [5.41, 5.74) is 2.88. The first-order valence-electron chi connectivity index (χ1n) is 12.2. The first kappa shape index (κ1) is 26.0. The van der Waals surface area contributed by atoms with Gasteiger partial charge in [-0.05, 0) is 54.2 Å². The summed E-state index contributed by atoms with van der Waals surface area (Å²) in [7, 11) is 0. The van der Waals surface area contributed by atoms with Crippen LogP contribution in [0.5, 0.6) is 5.88 Å². The van der Waals surface area contributed by atoms with Gasteiger partial charge in [-0.25, -0.2) is 0 Å². The number of ether oxygens (including phenoxy) is 1. The molecule has 0 saturated heterocycles. The fourth-order valence-electron chi connectivity index (χ4n) is 4.78. The van der Waals surface area contributed by atoms with Gasteiger partial charge in [-0.3, -0.25) is 5.10 Å². The summed E-state index contributed by atoms with van der Waals surface area (Å²) in [4.78, 5) is 0. The third kappa shape index (κ3) is 5.76. The second kappa shape index (κ2) is 10.3. The van der Waals surface area contributed by atoms with Gasteiger partial charge in [0.2, 0.25) is 17.4 Å². The molecule has 202 valence electrons. The van der Waals surface area contributed by atoms with Gasteiger partial charge in [0.1, 0.15) is 18.1 Å². The molecule has 5 nitrogen and oxygen atoms in total. The number of nitrogens with one attached hydrogen (secondary N) is 1. The molecule has 3 heterocycles. The highest BCUT2D eigenvalue weighted by atomic mass is 19.4. The van der Waals surface area contributed by atoms with Crippen molar-refractivity contribution in [2.75, 3.05) is 0 Å². The Kier molecular flexibility index (Phi) is 7.02. The van der Waals surface area contributed by atoms with Crippen molar-refractivity contribution in [1.82, 2.24) is 10.2 Å². The van der Waals surface area contributed by atoms with Crippen LogP contribution in [0.25, 0.3) is 11.3 Å². The monoisotopic (exact) mass is 538 g/mol. The van der Waals surface area contributed by atoms with Crippen molar-refractivity contribution in [1.29, 1.82) is 0 Å². The summed E-state index contributed by atoms with van der Waals surface area (Å²) in [5.74, 6) is -1.83. The van der Waals surface area contributed by atoms with E-state index < -0.39 is 23.9 Å². The molecule has 0 bridgehead atoms. The average Bonchev–Trinajstić information content (AvgIpc) is 3.64. The molecule has 0 amide bonds. The zero-order valence-corrected chi connectivity index (χ0v) is 20.1. The van der Waals surface area contributed by atoms with Crippen LogP contribution in [-0.2, 0) is 25.4 Å². The first-order valence-corrected chi connectivity index (χ1v) is 12.2. The number of halogens is 6. The quantitative estimate of drug-likeness (QED) is 0.240. The highest BCUT2D eigenvalue weighted by Gasteiger charge is 2.36. The number of benzene rings is 1. The van der Waals surface area contributed by atoms with Crippen LogP contribution in [-0.4, -0.2) is 10.2 Å². The molecule has 0 atom stereocenters. The number of hydrogen-bond acceptors (Lipinski definition) is 4. The lowest BCUT2D eigenvalue weighted by molar-refractivity contribution is -0.154. The Bertz CT molecular complexity index is 1360. The molecule has 1 saturated carbocycles. The lowest BCUT2D eigenvalue weighted by atomic mass is 9.84. The summed E-state index contributed by atoms with van der Waals surface area (Å²) < 4.78 is 93.2. The molecular formula is C27H24F6N2O3. The van der Waals surface area contributed by atoms with Gasteiger partial charge >= 0.3 is 12.4 Å². The van der Waals surface area contributed by atoms with E-state index in [1.807, 2.05) is 24.3 Å². The van der Waals surface area contributed by atoms with Crippen molar-refractivity contribution in [3.63, 3.8) is 0 Å². The lowest BCUT2D eigenvalue weighted by Crippen LogP contribution is -2.04. The maximum Gasteiger partial charge on any atom is 0.449 e. The minimum Gasteiger partial charge on any atom is -0.468 e. The summed E-state index contributed by atoms with van der Waals surface area (Å²) in [6.45, 7) is -0.361. The summed E-state index contributed by atoms with van der Waals surface area (Å²) in [5, 5.41) is 7.02. The summed E-state index contributed by atoms with van der Waals surface area (Å²) in [6, 6.07) is 11.9. The molecule has 1 aromatic carbocycles. The molecule has 3 aromatic heterocycles. The third-order valence-electron chi connectivity index (χ3n) is 6.69. The molecule has 38 heavy (non-hydrogen) atoms. The molecule has 1 aliphatic carbocycles. The second-order valence-electron chi connectivity index (χ2n) is 9.33. The van der Waals surface area contributed by atoms with E-state index in [4.69, 9.17) is 13.6 Å². The predicted octanol–water partition coefficient (Wildman–Crippen LogP) is 8.52. The minimum absolute atomic E-state index is 0.0197. The van der Waals surface area contributed by atoms with Crippen LogP contribution in [0.2, 0.25) is 0 Å². The first-order chi connectivity index (χ1) is 18.1. The molecular weight excluding hydrogens is 514 g/mol. The Morgan fingerprint density at radius 3 is 2.00 bits per heavy atom. The number of rotatable bonds is 7. The largest absolute Gasteiger partial charge is 0.468 e. The van der Waals surface area contributed by atoms with Gasteiger partial charge in [-0.15, -0.1) is 5.10 Å². The number of H-pyrrole nitrogens is 1. The van der Waals surface area contributed by atoms with Crippen LogP contribution < -0.4 is 4.74 Å². The lowest BCUT2D eigenvalue weighted by Gasteiger charge is -2.22. The van der Waals surface area contributed by atoms with E-state index in [0.717, 1.165) is 36.6 Å². The van der Waals surface area contributed by atoms with E-state index in [9.17, 15) is 26.3 Å². The Labute approximate surface area is 213 Å². The maximum atomic E-state index is 13.1. The zero-order chi connectivity index (χ0) is 26.9. The maximum absolute atomic E-state index is 13.1. The van der Waals surface area contributed by atoms with Crippen LogP contribution >= 0.6 is 0 Å². The fourth-order valence-corrected chi connectivity index (χ4v) is 4.78. The smallest absolute Gasteiger partial charge is 0.449 e. The average molecular weight is 538 g/mol. The molecule has 1 aliphatic rings. The Morgan fingerprint density at radius 1 is 0.789 bits per heavy atom. The summed E-state index contributed by atoms with van der Waals surface area (Å²) >= 11 is 0. The van der Waals surface area contributed by atoms with Crippen LogP contribution in [0.15, 0.2) is 57.4 Å². The Balaban J connectivity index is 1.42. The number of aromatic nitrogens is 2. The zero-order valence-electron chi connectivity index (χ0n) is 20.1. The normalized spacial score (nSPS) is 15.2. The van der Waals surface area contributed by atoms with E-state index in [0.29, 0.717) is 17.2 Å². The van der Waals surface area contributed by atoms with Gasteiger partial charge in [-0.1, -0.05) is 43.5 Å². The van der Waals surface area contributed by atoms with Gasteiger partial charge in [-0.2, -0.15) is 26.3 Å². The van der Waals surface area contributed by atoms with Gasteiger partial charge in [0, 0.05) is 12.0 Å². The number of furan rings is 2. The second-order valence-corrected chi connectivity index (χ2v) is 9.33.